The smallest absolute Gasteiger partial charge is 0.139 e. The molecule has 0 saturated heterocycles. The van der Waals surface area contributed by atoms with Gasteiger partial charge in [-0.05, 0) is 37.6 Å². The Morgan fingerprint density at radius 1 is 1.11 bits per heavy atom. The third-order valence-corrected chi connectivity index (χ3v) is 3.78. The first kappa shape index (κ1) is 11.5. The number of fused-ring (bicyclic) bond motifs is 1. The number of aryl methyl sites for hydroxylation is 2. The average Bonchev–Trinajstić information content (AvgIpc) is 2.77. The monoisotopic (exact) mass is 300 g/mol. The summed E-state index contributed by atoms with van der Waals surface area (Å²) in [7, 11) is 0. The quantitative estimate of drug-likeness (QED) is 0.698. The highest BCUT2D eigenvalue weighted by atomic mass is 79.9. The number of para-hydroxylation sites is 1. The highest BCUT2D eigenvalue weighted by Crippen LogP contribution is 2.29. The molecule has 0 spiro atoms. The van der Waals surface area contributed by atoms with E-state index in [1.165, 1.54) is 11.1 Å². The van der Waals surface area contributed by atoms with Crippen LogP contribution >= 0.6 is 15.9 Å². The third-order valence-electron chi connectivity index (χ3n) is 3.09. The molecule has 2 aromatic carbocycles. The third kappa shape index (κ3) is 1.85. The molecule has 1 aromatic heterocycles. The predicted octanol–water partition coefficient (Wildman–Crippen LogP) is 4.61. The normalized spacial score (nSPS) is 11.1. The summed E-state index contributed by atoms with van der Waals surface area (Å²) in [4.78, 5) is 8.08. The van der Waals surface area contributed by atoms with Crippen molar-refractivity contribution in [1.29, 1.82) is 0 Å². The molecule has 0 saturated carbocycles. The topological polar surface area (TPSA) is 28.7 Å². The van der Waals surface area contributed by atoms with Crippen molar-refractivity contribution in [1.82, 2.24) is 9.97 Å². The number of hydrogen-bond donors (Lipinski definition) is 1. The molecule has 0 radical (unpaired) electrons. The van der Waals surface area contributed by atoms with Crippen LogP contribution in [0.2, 0.25) is 0 Å². The maximum atomic E-state index is 4.70. The number of benzene rings is 2. The summed E-state index contributed by atoms with van der Waals surface area (Å²) in [5, 5.41) is 0. The van der Waals surface area contributed by atoms with Crippen molar-refractivity contribution in [3.8, 4) is 11.4 Å². The van der Waals surface area contributed by atoms with Gasteiger partial charge in [0.05, 0.1) is 11.0 Å². The zero-order valence-electron chi connectivity index (χ0n) is 10.3. The van der Waals surface area contributed by atoms with Crippen LogP contribution in [0.4, 0.5) is 0 Å². The maximum Gasteiger partial charge on any atom is 0.139 e. The fourth-order valence-electron chi connectivity index (χ4n) is 2.12. The second kappa shape index (κ2) is 4.25. The van der Waals surface area contributed by atoms with E-state index < -0.39 is 0 Å². The zero-order valence-corrected chi connectivity index (χ0v) is 11.9. The lowest BCUT2D eigenvalue weighted by molar-refractivity contribution is 1.31. The van der Waals surface area contributed by atoms with E-state index >= 15 is 0 Å². The summed E-state index contributed by atoms with van der Waals surface area (Å²) in [5.41, 5.74) is 5.65. The lowest BCUT2D eigenvalue weighted by atomic mass is 10.1. The lowest BCUT2D eigenvalue weighted by Gasteiger charge is -2.01. The minimum absolute atomic E-state index is 0.912. The standard InChI is InChI=1S/C15H13BrN2/c1-9-6-7-12(16)11(8-9)15-17-13-5-3-4-10(2)14(13)18-15/h3-8H,1-2H3,(H,17,18). The Balaban J connectivity index is 2.26. The van der Waals surface area contributed by atoms with E-state index in [1.54, 1.807) is 0 Å². The molecule has 90 valence electrons. The molecule has 1 N–H and O–H groups in total. The van der Waals surface area contributed by atoms with Crippen LogP contribution in [0.5, 0.6) is 0 Å². The van der Waals surface area contributed by atoms with Crippen molar-refractivity contribution in [2.75, 3.05) is 0 Å². The molecule has 0 aliphatic carbocycles. The van der Waals surface area contributed by atoms with E-state index in [-0.39, 0.29) is 0 Å². The Bertz CT molecular complexity index is 728. The van der Waals surface area contributed by atoms with Gasteiger partial charge in [-0.15, -0.1) is 0 Å². The van der Waals surface area contributed by atoms with E-state index in [2.05, 4.69) is 65.1 Å². The molecule has 0 amide bonds. The molecule has 0 unspecified atom stereocenters. The number of aromatic nitrogens is 2. The molecule has 3 heteroatoms. The zero-order chi connectivity index (χ0) is 12.7. The largest absolute Gasteiger partial charge is 0.338 e. The van der Waals surface area contributed by atoms with Crippen molar-refractivity contribution in [3.63, 3.8) is 0 Å². The van der Waals surface area contributed by atoms with Gasteiger partial charge in [0.2, 0.25) is 0 Å². The molecule has 0 bridgehead atoms. The van der Waals surface area contributed by atoms with Crippen LogP contribution < -0.4 is 0 Å². The van der Waals surface area contributed by atoms with Crippen molar-refractivity contribution in [2.24, 2.45) is 0 Å². The van der Waals surface area contributed by atoms with E-state index in [9.17, 15) is 0 Å². The molecule has 2 nitrogen and oxygen atoms in total. The van der Waals surface area contributed by atoms with Crippen LogP contribution in [0.1, 0.15) is 11.1 Å². The van der Waals surface area contributed by atoms with Gasteiger partial charge >= 0.3 is 0 Å². The van der Waals surface area contributed by atoms with E-state index in [0.29, 0.717) is 0 Å². The summed E-state index contributed by atoms with van der Waals surface area (Å²) in [6.45, 7) is 4.17. The number of imidazole rings is 1. The van der Waals surface area contributed by atoms with Gasteiger partial charge in [0, 0.05) is 10.0 Å². The van der Waals surface area contributed by atoms with E-state index in [0.717, 1.165) is 26.9 Å². The van der Waals surface area contributed by atoms with Crippen molar-refractivity contribution >= 4 is 27.0 Å². The summed E-state index contributed by atoms with van der Waals surface area (Å²) in [5.74, 6) is 0.912. The Morgan fingerprint density at radius 2 is 1.94 bits per heavy atom. The van der Waals surface area contributed by atoms with Gasteiger partial charge in [0.25, 0.3) is 0 Å². The molecule has 0 fully saturated rings. The van der Waals surface area contributed by atoms with Crippen LogP contribution in [-0.4, -0.2) is 9.97 Å². The van der Waals surface area contributed by atoms with Gasteiger partial charge in [0.15, 0.2) is 0 Å². The van der Waals surface area contributed by atoms with Crippen molar-refractivity contribution in [3.05, 3.63) is 52.0 Å². The Morgan fingerprint density at radius 3 is 2.72 bits per heavy atom. The Hall–Kier alpha value is -1.61. The highest BCUT2D eigenvalue weighted by molar-refractivity contribution is 9.10. The van der Waals surface area contributed by atoms with Crippen LogP contribution in [-0.2, 0) is 0 Å². The van der Waals surface area contributed by atoms with Gasteiger partial charge in [-0.25, -0.2) is 4.98 Å². The summed E-state index contributed by atoms with van der Waals surface area (Å²) in [6, 6.07) is 12.5. The molecule has 0 atom stereocenters. The number of aromatic amines is 1. The molecule has 0 aliphatic heterocycles. The van der Waals surface area contributed by atoms with E-state index in [1.807, 2.05) is 6.07 Å². The second-order valence-corrected chi connectivity index (χ2v) is 5.39. The van der Waals surface area contributed by atoms with E-state index in [4.69, 9.17) is 4.98 Å². The molecule has 1 heterocycles. The number of rotatable bonds is 1. The summed E-state index contributed by atoms with van der Waals surface area (Å²) < 4.78 is 1.06. The fraction of sp³-hybridized carbons (Fsp3) is 0.133. The van der Waals surface area contributed by atoms with Crippen LogP contribution in [0.15, 0.2) is 40.9 Å². The fourth-order valence-corrected chi connectivity index (χ4v) is 2.56. The number of H-pyrrole nitrogens is 1. The minimum atomic E-state index is 0.912. The first-order chi connectivity index (χ1) is 8.65. The highest BCUT2D eigenvalue weighted by Gasteiger charge is 2.09. The maximum absolute atomic E-state index is 4.70. The number of nitrogens with one attached hydrogen (secondary N) is 1. The number of nitrogens with zero attached hydrogens (tertiary/aromatic N) is 1. The Kier molecular flexibility index (Phi) is 2.71. The molecular formula is C15H13BrN2. The first-order valence-electron chi connectivity index (χ1n) is 5.87. The average molecular weight is 301 g/mol. The van der Waals surface area contributed by atoms with Crippen LogP contribution in [0, 0.1) is 13.8 Å². The van der Waals surface area contributed by atoms with Crippen molar-refractivity contribution < 1.29 is 0 Å². The summed E-state index contributed by atoms with van der Waals surface area (Å²) in [6.07, 6.45) is 0. The van der Waals surface area contributed by atoms with Gasteiger partial charge in [-0.1, -0.05) is 39.7 Å². The molecule has 0 aliphatic rings. The van der Waals surface area contributed by atoms with Gasteiger partial charge in [0.1, 0.15) is 5.82 Å². The molecular weight excluding hydrogens is 288 g/mol. The lowest BCUT2D eigenvalue weighted by Crippen LogP contribution is -1.84. The first-order valence-corrected chi connectivity index (χ1v) is 6.66. The second-order valence-electron chi connectivity index (χ2n) is 4.54. The molecule has 3 aromatic rings. The van der Waals surface area contributed by atoms with Crippen LogP contribution in [0.25, 0.3) is 22.4 Å². The van der Waals surface area contributed by atoms with Gasteiger partial charge < -0.3 is 4.98 Å². The minimum Gasteiger partial charge on any atom is -0.338 e. The number of halogens is 1. The van der Waals surface area contributed by atoms with Crippen molar-refractivity contribution in [2.45, 2.75) is 13.8 Å². The number of hydrogen-bond acceptors (Lipinski definition) is 1. The predicted molar refractivity (Wildman–Crippen MR) is 78.7 cm³/mol. The summed E-state index contributed by atoms with van der Waals surface area (Å²) >= 11 is 3.58. The molecule has 18 heavy (non-hydrogen) atoms. The molecule has 3 rings (SSSR count). The van der Waals surface area contributed by atoms with Crippen LogP contribution in [0.3, 0.4) is 0 Å². The van der Waals surface area contributed by atoms with Gasteiger partial charge in [-0.3, -0.25) is 0 Å². The van der Waals surface area contributed by atoms with Gasteiger partial charge in [-0.2, -0.15) is 0 Å². The SMILES string of the molecule is Cc1ccc(Br)c(-c2nc3c(C)cccc3[nH]2)c1. The Labute approximate surface area is 114 Å².